The summed E-state index contributed by atoms with van der Waals surface area (Å²) in [4.78, 5) is 5.71. The number of aryl methyl sites for hydroxylation is 1. The van der Waals surface area contributed by atoms with Gasteiger partial charge in [0.05, 0.1) is 6.04 Å². The van der Waals surface area contributed by atoms with Crippen molar-refractivity contribution in [3.63, 3.8) is 0 Å². The van der Waals surface area contributed by atoms with Crippen LogP contribution in [-0.2, 0) is 6.42 Å². The van der Waals surface area contributed by atoms with Crippen molar-refractivity contribution in [2.24, 2.45) is 10.9 Å². The highest BCUT2D eigenvalue weighted by Gasteiger charge is 2.12. The Morgan fingerprint density at radius 1 is 1.32 bits per heavy atom. The van der Waals surface area contributed by atoms with E-state index in [1.54, 1.807) is 7.05 Å². The molecule has 0 saturated heterocycles. The van der Waals surface area contributed by atoms with Gasteiger partial charge in [0.2, 0.25) is 0 Å². The normalized spacial score (nSPS) is 14.6. The second-order valence-corrected chi connectivity index (χ2v) is 6.69. The Bertz CT molecular complexity index is 589. The van der Waals surface area contributed by atoms with Gasteiger partial charge in [0, 0.05) is 18.5 Å². The number of thiophene rings is 1. The van der Waals surface area contributed by atoms with Crippen LogP contribution in [0.1, 0.15) is 36.3 Å². The Morgan fingerprint density at radius 3 is 2.73 bits per heavy atom. The number of guanidine groups is 1. The molecule has 2 heterocycles. The SMILES string of the molecule is CN=C(NCC(C)Cc1cccs1)NC(C)c1ccc(C)o1. The van der Waals surface area contributed by atoms with E-state index in [1.807, 2.05) is 30.4 Å². The smallest absolute Gasteiger partial charge is 0.191 e. The lowest BCUT2D eigenvalue weighted by atomic mass is 10.1. The van der Waals surface area contributed by atoms with Gasteiger partial charge in [-0.05, 0) is 49.8 Å². The lowest BCUT2D eigenvalue weighted by Crippen LogP contribution is -2.40. The molecule has 0 amide bonds. The summed E-state index contributed by atoms with van der Waals surface area (Å²) in [5, 5.41) is 8.88. The summed E-state index contributed by atoms with van der Waals surface area (Å²) in [6.45, 7) is 7.16. The molecule has 0 aliphatic rings. The molecule has 2 N–H and O–H groups in total. The van der Waals surface area contributed by atoms with Crippen LogP contribution in [-0.4, -0.2) is 19.6 Å². The molecule has 120 valence electrons. The minimum atomic E-state index is 0.0903. The Kier molecular flexibility index (Phi) is 6.07. The number of hydrogen-bond acceptors (Lipinski definition) is 3. The van der Waals surface area contributed by atoms with E-state index >= 15 is 0 Å². The van der Waals surface area contributed by atoms with Gasteiger partial charge in [0.1, 0.15) is 11.5 Å². The number of hydrogen-bond donors (Lipinski definition) is 2. The van der Waals surface area contributed by atoms with Crippen LogP contribution in [0.2, 0.25) is 0 Å². The Labute approximate surface area is 136 Å². The van der Waals surface area contributed by atoms with Crippen LogP contribution in [0.3, 0.4) is 0 Å². The molecule has 2 unspecified atom stereocenters. The zero-order valence-electron chi connectivity index (χ0n) is 13.7. The van der Waals surface area contributed by atoms with Crippen molar-refractivity contribution in [3.8, 4) is 0 Å². The molecular weight excluding hydrogens is 294 g/mol. The zero-order valence-corrected chi connectivity index (χ0v) is 14.5. The maximum absolute atomic E-state index is 5.64. The largest absolute Gasteiger partial charge is 0.464 e. The number of aliphatic imine (C=N–C) groups is 1. The molecule has 0 aromatic carbocycles. The van der Waals surface area contributed by atoms with Crippen molar-refractivity contribution in [2.75, 3.05) is 13.6 Å². The lowest BCUT2D eigenvalue weighted by Gasteiger charge is -2.18. The molecule has 0 spiro atoms. The first-order valence-electron chi connectivity index (χ1n) is 7.64. The van der Waals surface area contributed by atoms with Gasteiger partial charge in [0.25, 0.3) is 0 Å². The van der Waals surface area contributed by atoms with Crippen LogP contribution in [0.4, 0.5) is 0 Å². The Morgan fingerprint density at radius 2 is 2.14 bits per heavy atom. The molecule has 2 atom stereocenters. The number of nitrogens with one attached hydrogen (secondary N) is 2. The predicted octanol–water partition coefficient (Wildman–Crippen LogP) is 3.75. The first-order valence-corrected chi connectivity index (χ1v) is 8.52. The first-order chi connectivity index (χ1) is 10.6. The molecule has 4 nitrogen and oxygen atoms in total. The third-order valence-electron chi connectivity index (χ3n) is 3.51. The fraction of sp³-hybridized carbons (Fsp3) is 0.471. The van der Waals surface area contributed by atoms with Crippen molar-refractivity contribution < 1.29 is 4.42 Å². The number of rotatable bonds is 6. The third-order valence-corrected chi connectivity index (χ3v) is 4.41. The molecule has 2 aromatic rings. The molecule has 0 bridgehead atoms. The molecule has 2 rings (SSSR count). The predicted molar refractivity (Wildman–Crippen MR) is 93.5 cm³/mol. The van der Waals surface area contributed by atoms with Crippen molar-refractivity contribution in [3.05, 3.63) is 46.0 Å². The van der Waals surface area contributed by atoms with Gasteiger partial charge in [-0.25, -0.2) is 0 Å². The minimum Gasteiger partial charge on any atom is -0.464 e. The topological polar surface area (TPSA) is 49.6 Å². The standard InChI is InChI=1S/C17H25N3OS/c1-12(10-15-6-5-9-22-15)11-19-17(18-4)20-14(3)16-8-7-13(2)21-16/h5-9,12,14H,10-11H2,1-4H3,(H2,18,19,20). The van der Waals surface area contributed by atoms with Crippen molar-refractivity contribution >= 4 is 17.3 Å². The van der Waals surface area contributed by atoms with Crippen LogP contribution in [0.5, 0.6) is 0 Å². The van der Waals surface area contributed by atoms with E-state index < -0.39 is 0 Å². The van der Waals surface area contributed by atoms with Crippen molar-refractivity contribution in [1.82, 2.24) is 10.6 Å². The summed E-state index contributed by atoms with van der Waals surface area (Å²) in [5.41, 5.74) is 0. The van der Waals surface area contributed by atoms with E-state index in [-0.39, 0.29) is 6.04 Å². The van der Waals surface area contributed by atoms with Gasteiger partial charge >= 0.3 is 0 Å². The van der Waals surface area contributed by atoms with Crippen LogP contribution in [0.15, 0.2) is 39.1 Å². The van der Waals surface area contributed by atoms with Crippen molar-refractivity contribution in [2.45, 2.75) is 33.2 Å². The Hall–Kier alpha value is -1.75. The molecule has 22 heavy (non-hydrogen) atoms. The second-order valence-electron chi connectivity index (χ2n) is 5.66. The molecule has 0 aliphatic carbocycles. The Balaban J connectivity index is 1.79. The molecule has 5 heteroatoms. The number of furan rings is 1. The lowest BCUT2D eigenvalue weighted by molar-refractivity contribution is 0.440. The van der Waals surface area contributed by atoms with Crippen LogP contribution < -0.4 is 10.6 Å². The summed E-state index contributed by atoms with van der Waals surface area (Å²) in [7, 11) is 1.79. The third kappa shape index (κ3) is 4.91. The molecule has 0 saturated carbocycles. The van der Waals surface area contributed by atoms with Gasteiger partial charge in [-0.3, -0.25) is 4.99 Å². The second kappa shape index (κ2) is 8.03. The maximum Gasteiger partial charge on any atom is 0.191 e. The van der Waals surface area contributed by atoms with E-state index in [4.69, 9.17) is 4.42 Å². The summed E-state index contributed by atoms with van der Waals surface area (Å²) in [5.74, 6) is 3.21. The van der Waals surface area contributed by atoms with Gasteiger partial charge < -0.3 is 15.1 Å². The maximum atomic E-state index is 5.64. The summed E-state index contributed by atoms with van der Waals surface area (Å²) in [6, 6.07) is 8.36. The van der Waals surface area contributed by atoms with Crippen molar-refractivity contribution in [1.29, 1.82) is 0 Å². The van der Waals surface area contributed by atoms with E-state index in [1.165, 1.54) is 4.88 Å². The van der Waals surface area contributed by atoms with Gasteiger partial charge in [-0.1, -0.05) is 13.0 Å². The minimum absolute atomic E-state index is 0.0903. The highest BCUT2D eigenvalue weighted by atomic mass is 32.1. The molecule has 0 radical (unpaired) electrons. The summed E-state index contributed by atoms with van der Waals surface area (Å²) >= 11 is 1.82. The van der Waals surface area contributed by atoms with Crippen LogP contribution in [0.25, 0.3) is 0 Å². The first kappa shape index (κ1) is 16.6. The van der Waals surface area contributed by atoms with Crippen LogP contribution in [0, 0.1) is 12.8 Å². The summed E-state index contributed by atoms with van der Waals surface area (Å²) < 4.78 is 5.64. The monoisotopic (exact) mass is 319 g/mol. The van der Waals surface area contributed by atoms with E-state index in [0.29, 0.717) is 5.92 Å². The highest BCUT2D eigenvalue weighted by Crippen LogP contribution is 2.16. The molecule has 0 fully saturated rings. The van der Waals surface area contributed by atoms with Gasteiger partial charge in [-0.15, -0.1) is 11.3 Å². The molecular formula is C17H25N3OS. The average molecular weight is 319 g/mol. The summed E-state index contributed by atoms with van der Waals surface area (Å²) in [6.07, 6.45) is 1.09. The van der Waals surface area contributed by atoms with Gasteiger partial charge in [0.15, 0.2) is 5.96 Å². The van der Waals surface area contributed by atoms with E-state index in [9.17, 15) is 0 Å². The quantitative estimate of drug-likeness (QED) is 0.630. The zero-order chi connectivity index (χ0) is 15.9. The molecule has 2 aromatic heterocycles. The fourth-order valence-corrected chi connectivity index (χ4v) is 3.14. The van der Waals surface area contributed by atoms with Crippen LogP contribution >= 0.6 is 11.3 Å². The van der Waals surface area contributed by atoms with E-state index in [2.05, 4.69) is 47.0 Å². The average Bonchev–Trinajstić information content (AvgIpc) is 3.14. The van der Waals surface area contributed by atoms with E-state index in [0.717, 1.165) is 30.4 Å². The highest BCUT2D eigenvalue weighted by molar-refractivity contribution is 7.09. The fourth-order valence-electron chi connectivity index (χ4n) is 2.27. The molecule has 0 aliphatic heterocycles. The van der Waals surface area contributed by atoms with Gasteiger partial charge in [-0.2, -0.15) is 0 Å². The number of nitrogens with zero attached hydrogens (tertiary/aromatic N) is 1.